The summed E-state index contributed by atoms with van der Waals surface area (Å²) in [4.78, 5) is 12.4. The number of benzene rings is 2. The summed E-state index contributed by atoms with van der Waals surface area (Å²) in [7, 11) is 0. The van der Waals surface area contributed by atoms with E-state index in [9.17, 15) is 13.6 Å². The molecule has 0 spiro atoms. The van der Waals surface area contributed by atoms with Crippen LogP contribution in [-0.2, 0) is 0 Å². The lowest BCUT2D eigenvalue weighted by Crippen LogP contribution is -2.13. The predicted molar refractivity (Wildman–Crippen MR) is 89.8 cm³/mol. The Bertz CT molecular complexity index is 722. The highest BCUT2D eigenvalue weighted by molar-refractivity contribution is 6.05. The van der Waals surface area contributed by atoms with Gasteiger partial charge in [0.25, 0.3) is 5.91 Å². The standard InChI is InChI=1S/C18H19F2NO4/c1-3-23-14-8-6-5-7-13(14)21-17(22)12-9-10-15(25-18(19)20)16(11-12)24-4-2/h5-11,18H,3-4H2,1-2H3,(H,21,22). The monoisotopic (exact) mass is 351 g/mol. The molecule has 7 heteroatoms. The van der Waals surface area contributed by atoms with E-state index in [1.165, 1.54) is 18.2 Å². The molecule has 2 aromatic carbocycles. The Morgan fingerprint density at radius 2 is 1.68 bits per heavy atom. The minimum atomic E-state index is -2.98. The number of hydrogen-bond donors (Lipinski definition) is 1. The van der Waals surface area contributed by atoms with Gasteiger partial charge in [-0.2, -0.15) is 8.78 Å². The van der Waals surface area contributed by atoms with Crippen molar-refractivity contribution in [2.45, 2.75) is 20.5 Å². The van der Waals surface area contributed by atoms with E-state index in [1.807, 2.05) is 6.92 Å². The van der Waals surface area contributed by atoms with E-state index in [4.69, 9.17) is 9.47 Å². The van der Waals surface area contributed by atoms with Crippen molar-refractivity contribution in [2.75, 3.05) is 18.5 Å². The van der Waals surface area contributed by atoms with Gasteiger partial charge in [0.1, 0.15) is 5.75 Å². The number of anilines is 1. The number of ether oxygens (including phenoxy) is 3. The second-order valence-corrected chi connectivity index (χ2v) is 4.86. The van der Waals surface area contributed by atoms with E-state index in [0.29, 0.717) is 18.0 Å². The van der Waals surface area contributed by atoms with Crippen LogP contribution in [-0.4, -0.2) is 25.7 Å². The van der Waals surface area contributed by atoms with E-state index in [0.717, 1.165) is 0 Å². The molecule has 0 unspecified atom stereocenters. The van der Waals surface area contributed by atoms with E-state index < -0.39 is 12.5 Å². The minimum absolute atomic E-state index is 0.0774. The van der Waals surface area contributed by atoms with Crippen LogP contribution < -0.4 is 19.5 Å². The molecule has 0 aromatic heterocycles. The summed E-state index contributed by atoms with van der Waals surface area (Å²) in [6.45, 7) is 1.28. The van der Waals surface area contributed by atoms with Crippen molar-refractivity contribution in [2.24, 2.45) is 0 Å². The highest BCUT2D eigenvalue weighted by Crippen LogP contribution is 2.31. The lowest BCUT2D eigenvalue weighted by atomic mass is 10.1. The second kappa shape index (κ2) is 8.86. The molecule has 0 bridgehead atoms. The van der Waals surface area contributed by atoms with Gasteiger partial charge in [0.05, 0.1) is 18.9 Å². The molecule has 1 N–H and O–H groups in total. The van der Waals surface area contributed by atoms with Crippen LogP contribution in [0.1, 0.15) is 24.2 Å². The summed E-state index contributed by atoms with van der Waals surface area (Å²) < 4.78 is 40.0. The number of amides is 1. The average molecular weight is 351 g/mol. The third kappa shape index (κ3) is 5.07. The molecule has 2 rings (SSSR count). The average Bonchev–Trinajstić information content (AvgIpc) is 2.58. The maximum Gasteiger partial charge on any atom is 0.387 e. The van der Waals surface area contributed by atoms with Crippen molar-refractivity contribution in [1.82, 2.24) is 0 Å². The van der Waals surface area contributed by atoms with E-state index in [-0.39, 0.29) is 23.7 Å². The summed E-state index contributed by atoms with van der Waals surface area (Å²) in [6.07, 6.45) is 0. The number of para-hydroxylation sites is 2. The number of nitrogens with one attached hydrogen (secondary N) is 1. The summed E-state index contributed by atoms with van der Waals surface area (Å²) in [5, 5.41) is 2.73. The number of rotatable bonds is 8. The Morgan fingerprint density at radius 1 is 1.00 bits per heavy atom. The molecule has 0 heterocycles. The lowest BCUT2D eigenvalue weighted by Gasteiger charge is -2.14. The van der Waals surface area contributed by atoms with Crippen LogP contribution in [0.2, 0.25) is 0 Å². The molecular formula is C18H19F2NO4. The molecule has 25 heavy (non-hydrogen) atoms. The topological polar surface area (TPSA) is 56.8 Å². The fourth-order valence-corrected chi connectivity index (χ4v) is 2.16. The largest absolute Gasteiger partial charge is 0.492 e. The third-order valence-corrected chi connectivity index (χ3v) is 3.16. The molecule has 1 amide bonds. The molecule has 5 nitrogen and oxygen atoms in total. The fraction of sp³-hybridized carbons (Fsp3) is 0.278. The van der Waals surface area contributed by atoms with Gasteiger partial charge in [-0.1, -0.05) is 12.1 Å². The van der Waals surface area contributed by atoms with Crippen molar-refractivity contribution < 1.29 is 27.8 Å². The number of halogens is 2. The number of carbonyl (C=O) groups excluding carboxylic acids is 1. The lowest BCUT2D eigenvalue weighted by molar-refractivity contribution is -0.0514. The van der Waals surface area contributed by atoms with Crippen molar-refractivity contribution >= 4 is 11.6 Å². The van der Waals surface area contributed by atoms with Crippen molar-refractivity contribution in [1.29, 1.82) is 0 Å². The third-order valence-electron chi connectivity index (χ3n) is 3.16. The van der Waals surface area contributed by atoms with Gasteiger partial charge >= 0.3 is 6.61 Å². The molecule has 0 aliphatic rings. The van der Waals surface area contributed by atoms with Crippen LogP contribution in [0.3, 0.4) is 0 Å². The zero-order chi connectivity index (χ0) is 18.2. The SMILES string of the molecule is CCOc1ccccc1NC(=O)c1ccc(OC(F)F)c(OCC)c1. The van der Waals surface area contributed by atoms with Crippen LogP contribution in [0.15, 0.2) is 42.5 Å². The molecule has 0 saturated heterocycles. The van der Waals surface area contributed by atoms with Crippen molar-refractivity contribution in [3.05, 3.63) is 48.0 Å². The summed E-state index contributed by atoms with van der Waals surface area (Å²) >= 11 is 0. The van der Waals surface area contributed by atoms with Gasteiger partial charge in [0.2, 0.25) is 0 Å². The Hall–Kier alpha value is -2.83. The van der Waals surface area contributed by atoms with Gasteiger partial charge in [0, 0.05) is 5.56 Å². The normalized spacial score (nSPS) is 10.4. The highest BCUT2D eigenvalue weighted by Gasteiger charge is 2.15. The zero-order valence-electron chi connectivity index (χ0n) is 13.9. The molecule has 0 radical (unpaired) electrons. The van der Waals surface area contributed by atoms with Crippen LogP contribution >= 0.6 is 0 Å². The maximum atomic E-state index is 12.4. The van der Waals surface area contributed by atoms with Crippen LogP contribution in [0.5, 0.6) is 17.2 Å². The number of hydrogen-bond acceptors (Lipinski definition) is 4. The fourth-order valence-electron chi connectivity index (χ4n) is 2.16. The smallest absolute Gasteiger partial charge is 0.387 e. The molecular weight excluding hydrogens is 332 g/mol. The van der Waals surface area contributed by atoms with E-state index in [1.54, 1.807) is 31.2 Å². The Morgan fingerprint density at radius 3 is 2.36 bits per heavy atom. The first kappa shape index (κ1) is 18.5. The predicted octanol–water partition coefficient (Wildman–Crippen LogP) is 4.34. The molecule has 2 aromatic rings. The van der Waals surface area contributed by atoms with Crippen LogP contribution in [0, 0.1) is 0 Å². The van der Waals surface area contributed by atoms with E-state index >= 15 is 0 Å². The maximum absolute atomic E-state index is 12.4. The first-order chi connectivity index (χ1) is 12.0. The molecule has 0 aliphatic heterocycles. The van der Waals surface area contributed by atoms with Gasteiger partial charge in [0.15, 0.2) is 11.5 Å². The minimum Gasteiger partial charge on any atom is -0.492 e. The first-order valence-corrected chi connectivity index (χ1v) is 7.80. The number of alkyl halides is 2. The Labute approximate surface area is 144 Å². The van der Waals surface area contributed by atoms with Gasteiger partial charge in [-0.3, -0.25) is 4.79 Å². The molecule has 0 aliphatic carbocycles. The summed E-state index contributed by atoms with van der Waals surface area (Å²) in [6, 6.07) is 11.0. The molecule has 0 fully saturated rings. The second-order valence-electron chi connectivity index (χ2n) is 4.86. The van der Waals surface area contributed by atoms with Gasteiger partial charge < -0.3 is 19.5 Å². The van der Waals surface area contributed by atoms with Crippen LogP contribution in [0.4, 0.5) is 14.5 Å². The molecule has 0 atom stereocenters. The van der Waals surface area contributed by atoms with Gasteiger partial charge in [-0.15, -0.1) is 0 Å². The Kier molecular flexibility index (Phi) is 6.56. The summed E-state index contributed by atoms with van der Waals surface area (Å²) in [5.41, 5.74) is 0.761. The Balaban J connectivity index is 2.23. The zero-order valence-corrected chi connectivity index (χ0v) is 13.9. The summed E-state index contributed by atoms with van der Waals surface area (Å²) in [5.74, 6) is 0.0781. The van der Waals surface area contributed by atoms with Crippen LogP contribution in [0.25, 0.3) is 0 Å². The van der Waals surface area contributed by atoms with Gasteiger partial charge in [-0.05, 0) is 44.2 Å². The first-order valence-electron chi connectivity index (χ1n) is 7.80. The van der Waals surface area contributed by atoms with Crippen molar-refractivity contribution in [3.63, 3.8) is 0 Å². The van der Waals surface area contributed by atoms with Crippen molar-refractivity contribution in [3.8, 4) is 17.2 Å². The quantitative estimate of drug-likeness (QED) is 0.769. The highest BCUT2D eigenvalue weighted by atomic mass is 19.3. The van der Waals surface area contributed by atoms with E-state index in [2.05, 4.69) is 10.1 Å². The molecule has 0 saturated carbocycles. The van der Waals surface area contributed by atoms with Gasteiger partial charge in [-0.25, -0.2) is 0 Å². The molecule has 134 valence electrons. The number of carbonyl (C=O) groups is 1.